The summed E-state index contributed by atoms with van der Waals surface area (Å²) in [7, 11) is 6.32. The third-order valence-electron chi connectivity index (χ3n) is 3.62. The van der Waals surface area contributed by atoms with Gasteiger partial charge in [0.15, 0.2) is 0 Å². The fraction of sp³-hybridized carbons (Fsp3) is 0.917. The zero-order valence-corrected chi connectivity index (χ0v) is 10.9. The van der Waals surface area contributed by atoms with E-state index >= 15 is 0 Å². The minimum Gasteiger partial charge on any atom is -0.444 e. The summed E-state index contributed by atoms with van der Waals surface area (Å²) in [5, 5.41) is -0.295. The number of carbonyl (C=O) groups is 1. The van der Waals surface area contributed by atoms with Gasteiger partial charge in [-0.1, -0.05) is 0 Å². The van der Waals surface area contributed by atoms with Crippen molar-refractivity contribution < 1.29 is 9.53 Å². The number of carbonyl (C=O) groups excluding carboxylic acids is 1. The highest BCUT2D eigenvalue weighted by molar-refractivity contribution is 6.16. The molecule has 0 bridgehead atoms. The van der Waals surface area contributed by atoms with Crippen LogP contribution in [0, 0.1) is 5.92 Å². The molecule has 1 heterocycles. The van der Waals surface area contributed by atoms with Crippen LogP contribution in [-0.2, 0) is 4.74 Å². The molecule has 0 aromatic rings. The first kappa shape index (κ1) is 12.7. The van der Waals surface area contributed by atoms with Crippen molar-refractivity contribution in [1.82, 2.24) is 4.90 Å². The number of rotatable bonds is 0. The van der Waals surface area contributed by atoms with Crippen LogP contribution in [-0.4, -0.2) is 43.6 Å². The molecular weight excluding hydrogens is 215 g/mol. The SMILES string of the molecule is [B][C@]12C[C@H](N)C[C@H]1CN(C(=O)OC(C)(C)C)C2. The maximum atomic E-state index is 11.9. The predicted octanol–water partition coefficient (Wildman–Crippen LogP) is 1.30. The average Bonchev–Trinajstić information content (AvgIpc) is 2.51. The van der Waals surface area contributed by atoms with Crippen LogP contribution in [0.15, 0.2) is 0 Å². The molecule has 0 unspecified atom stereocenters. The van der Waals surface area contributed by atoms with E-state index in [2.05, 4.69) is 0 Å². The van der Waals surface area contributed by atoms with E-state index in [-0.39, 0.29) is 17.4 Å². The Morgan fingerprint density at radius 2 is 2.18 bits per heavy atom. The molecule has 0 aromatic carbocycles. The van der Waals surface area contributed by atoms with Crippen molar-refractivity contribution in [2.45, 2.75) is 50.6 Å². The summed E-state index contributed by atoms with van der Waals surface area (Å²) >= 11 is 0. The largest absolute Gasteiger partial charge is 0.444 e. The number of likely N-dealkylation sites (tertiary alicyclic amines) is 1. The summed E-state index contributed by atoms with van der Waals surface area (Å²) in [4.78, 5) is 13.7. The molecule has 2 aliphatic rings. The summed E-state index contributed by atoms with van der Waals surface area (Å²) in [5.41, 5.74) is 5.47. The van der Waals surface area contributed by atoms with Crippen molar-refractivity contribution >= 4 is 13.9 Å². The third-order valence-corrected chi connectivity index (χ3v) is 3.62. The Morgan fingerprint density at radius 1 is 1.53 bits per heavy atom. The van der Waals surface area contributed by atoms with Gasteiger partial charge in [-0.25, -0.2) is 4.79 Å². The van der Waals surface area contributed by atoms with Gasteiger partial charge in [-0.2, -0.15) is 0 Å². The molecule has 5 heteroatoms. The smallest absolute Gasteiger partial charge is 0.410 e. The summed E-state index contributed by atoms with van der Waals surface area (Å²) in [5.74, 6) is 0.324. The molecule has 2 fully saturated rings. The summed E-state index contributed by atoms with van der Waals surface area (Å²) < 4.78 is 5.36. The van der Waals surface area contributed by atoms with Crippen LogP contribution < -0.4 is 5.73 Å². The van der Waals surface area contributed by atoms with Gasteiger partial charge in [0.25, 0.3) is 0 Å². The predicted molar refractivity (Wildman–Crippen MR) is 67.0 cm³/mol. The molecule has 2 rings (SSSR count). The number of hydrogen-bond donors (Lipinski definition) is 1. The van der Waals surface area contributed by atoms with Gasteiger partial charge in [0.2, 0.25) is 0 Å². The van der Waals surface area contributed by atoms with E-state index in [1.165, 1.54) is 0 Å². The van der Waals surface area contributed by atoms with E-state index < -0.39 is 5.60 Å². The lowest BCUT2D eigenvalue weighted by Gasteiger charge is -2.27. The maximum Gasteiger partial charge on any atom is 0.410 e. The van der Waals surface area contributed by atoms with Crippen molar-refractivity contribution in [2.75, 3.05) is 13.1 Å². The lowest BCUT2D eigenvalue weighted by molar-refractivity contribution is 0.0280. The number of nitrogens with zero attached hydrogens (tertiary/aromatic N) is 1. The van der Waals surface area contributed by atoms with Crippen LogP contribution in [0.1, 0.15) is 33.6 Å². The van der Waals surface area contributed by atoms with E-state index in [0.29, 0.717) is 19.0 Å². The van der Waals surface area contributed by atoms with Gasteiger partial charge >= 0.3 is 6.09 Å². The van der Waals surface area contributed by atoms with Crippen LogP contribution in [0.2, 0.25) is 5.31 Å². The number of nitrogens with two attached hydrogens (primary N) is 1. The fourth-order valence-electron chi connectivity index (χ4n) is 2.94. The quantitative estimate of drug-likeness (QED) is 0.645. The molecule has 94 valence electrons. The van der Waals surface area contributed by atoms with Crippen LogP contribution in [0.3, 0.4) is 0 Å². The Kier molecular flexibility index (Phi) is 2.93. The molecule has 1 saturated carbocycles. The zero-order valence-electron chi connectivity index (χ0n) is 10.9. The van der Waals surface area contributed by atoms with Gasteiger partial charge in [-0.05, 0) is 44.8 Å². The van der Waals surface area contributed by atoms with Gasteiger partial charge in [0, 0.05) is 19.1 Å². The Hall–Kier alpha value is -0.705. The maximum absolute atomic E-state index is 11.9. The summed E-state index contributed by atoms with van der Waals surface area (Å²) in [6, 6.07) is 0.186. The van der Waals surface area contributed by atoms with Gasteiger partial charge in [0.05, 0.1) is 7.85 Å². The average molecular weight is 236 g/mol. The van der Waals surface area contributed by atoms with Crippen LogP contribution >= 0.6 is 0 Å². The van der Waals surface area contributed by atoms with E-state index in [0.717, 1.165) is 12.8 Å². The van der Waals surface area contributed by atoms with Gasteiger partial charge in [0.1, 0.15) is 5.60 Å². The first-order valence-corrected chi connectivity index (χ1v) is 6.22. The highest BCUT2D eigenvalue weighted by Crippen LogP contribution is 2.51. The summed E-state index contributed by atoms with van der Waals surface area (Å²) in [6.07, 6.45) is 1.46. The van der Waals surface area contributed by atoms with Crippen LogP contribution in [0.4, 0.5) is 4.79 Å². The Labute approximate surface area is 104 Å². The summed E-state index contributed by atoms with van der Waals surface area (Å²) in [6.45, 7) is 6.86. The number of ether oxygens (including phenoxy) is 1. The van der Waals surface area contributed by atoms with Crippen molar-refractivity contribution in [3.05, 3.63) is 0 Å². The van der Waals surface area contributed by atoms with Crippen LogP contribution in [0.5, 0.6) is 0 Å². The van der Waals surface area contributed by atoms with Gasteiger partial charge in [-0.15, -0.1) is 0 Å². The minimum atomic E-state index is -0.451. The first-order chi connectivity index (χ1) is 7.70. The Bertz CT molecular complexity index is 329. The number of hydrogen-bond acceptors (Lipinski definition) is 3. The first-order valence-electron chi connectivity index (χ1n) is 6.22. The molecule has 0 aromatic heterocycles. The Morgan fingerprint density at radius 3 is 2.71 bits per heavy atom. The second kappa shape index (κ2) is 3.90. The monoisotopic (exact) mass is 236 g/mol. The van der Waals surface area contributed by atoms with E-state index in [1.54, 1.807) is 4.90 Å². The molecule has 1 amide bonds. The molecule has 3 atom stereocenters. The Balaban J connectivity index is 1.98. The lowest BCUT2D eigenvalue weighted by Crippen LogP contribution is -2.37. The normalized spacial score (nSPS) is 37.1. The van der Waals surface area contributed by atoms with Crippen molar-refractivity contribution in [1.29, 1.82) is 0 Å². The van der Waals surface area contributed by atoms with Crippen LogP contribution in [0.25, 0.3) is 0 Å². The highest BCUT2D eigenvalue weighted by atomic mass is 16.6. The van der Waals surface area contributed by atoms with E-state index in [4.69, 9.17) is 18.3 Å². The molecule has 1 saturated heterocycles. The molecular formula is C12H21BN2O2. The standard InChI is InChI=1S/C12H21BN2O2/c1-11(2,3)17-10(16)15-6-8-4-9(14)5-12(8,13)7-15/h8-9H,4-7,14H2,1-3H3/t8-,9+,12-/m0/s1. The molecule has 1 aliphatic heterocycles. The second-order valence-electron chi connectivity index (χ2n) is 6.49. The molecule has 4 nitrogen and oxygen atoms in total. The minimum absolute atomic E-state index is 0.186. The fourth-order valence-corrected chi connectivity index (χ4v) is 2.94. The van der Waals surface area contributed by atoms with E-state index in [1.807, 2.05) is 20.8 Å². The molecule has 2 radical (unpaired) electrons. The van der Waals surface area contributed by atoms with Crippen molar-refractivity contribution in [3.63, 3.8) is 0 Å². The number of fused-ring (bicyclic) bond motifs is 1. The van der Waals surface area contributed by atoms with Crippen molar-refractivity contribution in [2.24, 2.45) is 11.7 Å². The third kappa shape index (κ3) is 2.59. The molecule has 0 spiro atoms. The lowest BCUT2D eigenvalue weighted by atomic mass is 9.64. The topological polar surface area (TPSA) is 55.6 Å². The molecule has 1 aliphatic carbocycles. The van der Waals surface area contributed by atoms with Gasteiger partial charge < -0.3 is 15.4 Å². The number of amides is 1. The second-order valence-corrected chi connectivity index (χ2v) is 6.49. The molecule has 17 heavy (non-hydrogen) atoms. The molecule has 2 N–H and O–H groups in total. The zero-order chi connectivity index (χ0) is 12.8. The van der Waals surface area contributed by atoms with E-state index in [9.17, 15) is 4.79 Å². The highest BCUT2D eigenvalue weighted by Gasteiger charge is 2.50. The van der Waals surface area contributed by atoms with Crippen molar-refractivity contribution in [3.8, 4) is 0 Å². The van der Waals surface area contributed by atoms with Gasteiger partial charge in [-0.3, -0.25) is 0 Å².